The maximum atomic E-state index is 2.33. The molecule has 0 N–H and O–H groups in total. The molecule has 2 unspecified atom stereocenters. The molecule has 0 amide bonds. The van der Waals surface area contributed by atoms with Gasteiger partial charge in [0.2, 0.25) is 0 Å². The summed E-state index contributed by atoms with van der Waals surface area (Å²) >= 11 is 0. The van der Waals surface area contributed by atoms with Crippen molar-refractivity contribution < 1.29 is 0 Å². The molecule has 1 aliphatic carbocycles. The third-order valence-corrected chi connectivity index (χ3v) is 2.38. The summed E-state index contributed by atoms with van der Waals surface area (Å²) in [4.78, 5) is 0. The summed E-state index contributed by atoms with van der Waals surface area (Å²) in [7, 11) is 0. The molecule has 0 aromatic heterocycles. The van der Waals surface area contributed by atoms with Crippen molar-refractivity contribution in [2.24, 2.45) is 11.8 Å². The van der Waals surface area contributed by atoms with Crippen molar-refractivity contribution in [1.29, 1.82) is 0 Å². The van der Waals surface area contributed by atoms with Gasteiger partial charge < -0.3 is 0 Å². The molecule has 0 saturated heterocycles. The third kappa shape index (κ3) is 1.17. The molecule has 0 bridgehead atoms. The van der Waals surface area contributed by atoms with Crippen molar-refractivity contribution in [3.63, 3.8) is 0 Å². The van der Waals surface area contributed by atoms with E-state index in [1.54, 1.807) is 5.57 Å². The van der Waals surface area contributed by atoms with E-state index in [4.69, 9.17) is 0 Å². The third-order valence-electron chi connectivity index (χ3n) is 2.38. The highest BCUT2D eigenvalue weighted by Crippen LogP contribution is 2.47. The maximum absolute atomic E-state index is 2.33. The summed E-state index contributed by atoms with van der Waals surface area (Å²) in [5, 5.41) is 0. The smallest absolute Gasteiger partial charge is 0.0137 e. The van der Waals surface area contributed by atoms with Gasteiger partial charge in [-0.2, -0.15) is 0 Å². The van der Waals surface area contributed by atoms with Crippen LogP contribution in [-0.4, -0.2) is 0 Å². The van der Waals surface area contributed by atoms with Gasteiger partial charge in [0, 0.05) is 0 Å². The van der Waals surface area contributed by atoms with Crippen LogP contribution in [0.4, 0.5) is 0 Å². The Morgan fingerprint density at radius 3 is 2.56 bits per heavy atom. The zero-order chi connectivity index (χ0) is 6.85. The van der Waals surface area contributed by atoms with E-state index in [0.717, 1.165) is 11.8 Å². The number of allylic oxidation sites excluding steroid dienone is 2. The van der Waals surface area contributed by atoms with Crippen molar-refractivity contribution >= 4 is 0 Å². The van der Waals surface area contributed by atoms with E-state index < -0.39 is 0 Å². The summed E-state index contributed by atoms with van der Waals surface area (Å²) in [6.45, 7) is 6.75. The first-order chi connectivity index (χ1) is 4.31. The lowest BCUT2D eigenvalue weighted by atomic mass is 10.2. The monoisotopic (exact) mass is 124 g/mol. The lowest BCUT2D eigenvalue weighted by Gasteiger charge is -1.86. The first-order valence-corrected chi connectivity index (χ1v) is 3.97. The molecule has 0 aromatic rings. The van der Waals surface area contributed by atoms with Crippen LogP contribution >= 0.6 is 0 Å². The molecule has 0 heterocycles. The van der Waals surface area contributed by atoms with Gasteiger partial charge >= 0.3 is 0 Å². The summed E-state index contributed by atoms with van der Waals surface area (Å²) in [6.07, 6.45) is 5.03. The molecular weight excluding hydrogens is 108 g/mol. The fourth-order valence-electron chi connectivity index (χ4n) is 1.70. The predicted octanol–water partition coefficient (Wildman–Crippen LogP) is 3.00. The number of rotatable bonds is 2. The van der Waals surface area contributed by atoms with Gasteiger partial charge in [-0.05, 0) is 25.2 Å². The highest BCUT2D eigenvalue weighted by molar-refractivity contribution is 5.27. The summed E-state index contributed by atoms with van der Waals surface area (Å²) in [6, 6.07) is 0. The Labute approximate surface area is 58.0 Å². The molecular formula is C9H16. The normalized spacial score (nSPS) is 37.4. The van der Waals surface area contributed by atoms with Crippen LogP contribution in [0.25, 0.3) is 0 Å². The molecule has 0 radical (unpaired) electrons. The SMILES string of the molecule is CC=C1C(C)C1CCC. The predicted molar refractivity (Wildman–Crippen MR) is 41.3 cm³/mol. The Bertz CT molecular complexity index is 122. The average Bonchev–Trinajstić information content (AvgIpc) is 2.44. The van der Waals surface area contributed by atoms with E-state index in [-0.39, 0.29) is 0 Å². The standard InChI is InChI=1S/C9H16/c1-4-6-9-7(3)8(9)5-2/h5,7,9H,4,6H2,1-3H3. The lowest BCUT2D eigenvalue weighted by Crippen LogP contribution is -1.74. The van der Waals surface area contributed by atoms with Crippen molar-refractivity contribution in [3.05, 3.63) is 11.6 Å². The minimum atomic E-state index is 0.912. The Kier molecular flexibility index (Phi) is 1.94. The molecule has 0 nitrogen and oxygen atoms in total. The van der Waals surface area contributed by atoms with Crippen LogP contribution in [0.1, 0.15) is 33.6 Å². The molecule has 52 valence electrons. The molecule has 0 aliphatic heterocycles. The second-order valence-corrected chi connectivity index (χ2v) is 2.97. The van der Waals surface area contributed by atoms with Crippen molar-refractivity contribution in [2.45, 2.75) is 33.6 Å². The lowest BCUT2D eigenvalue weighted by molar-refractivity contribution is 0.664. The van der Waals surface area contributed by atoms with Gasteiger partial charge in [-0.25, -0.2) is 0 Å². The minimum Gasteiger partial charge on any atom is -0.0879 e. The Morgan fingerprint density at radius 1 is 1.56 bits per heavy atom. The minimum absolute atomic E-state index is 0.912. The van der Waals surface area contributed by atoms with Crippen molar-refractivity contribution in [3.8, 4) is 0 Å². The zero-order valence-corrected chi connectivity index (χ0v) is 6.65. The second kappa shape index (κ2) is 2.55. The van der Waals surface area contributed by atoms with Crippen LogP contribution < -0.4 is 0 Å². The second-order valence-electron chi connectivity index (χ2n) is 2.97. The van der Waals surface area contributed by atoms with E-state index in [1.165, 1.54) is 12.8 Å². The molecule has 1 aliphatic rings. The number of hydrogen-bond donors (Lipinski definition) is 0. The first-order valence-electron chi connectivity index (χ1n) is 3.97. The van der Waals surface area contributed by atoms with Gasteiger partial charge in [0.05, 0.1) is 0 Å². The molecule has 0 spiro atoms. The highest BCUT2D eigenvalue weighted by atomic mass is 14.4. The molecule has 2 atom stereocenters. The van der Waals surface area contributed by atoms with Crippen molar-refractivity contribution in [2.75, 3.05) is 0 Å². The van der Waals surface area contributed by atoms with E-state index in [0.29, 0.717) is 0 Å². The summed E-state index contributed by atoms with van der Waals surface area (Å²) < 4.78 is 0. The summed E-state index contributed by atoms with van der Waals surface area (Å²) in [5.41, 5.74) is 1.69. The fraction of sp³-hybridized carbons (Fsp3) is 0.778. The highest BCUT2D eigenvalue weighted by Gasteiger charge is 2.37. The fourth-order valence-corrected chi connectivity index (χ4v) is 1.70. The van der Waals surface area contributed by atoms with E-state index in [1.807, 2.05) is 0 Å². The van der Waals surface area contributed by atoms with Gasteiger partial charge in [0.25, 0.3) is 0 Å². The van der Waals surface area contributed by atoms with Crippen LogP contribution in [0.3, 0.4) is 0 Å². The van der Waals surface area contributed by atoms with Crippen LogP contribution in [-0.2, 0) is 0 Å². The summed E-state index contributed by atoms with van der Waals surface area (Å²) in [5.74, 6) is 1.87. The van der Waals surface area contributed by atoms with Crippen molar-refractivity contribution in [1.82, 2.24) is 0 Å². The van der Waals surface area contributed by atoms with Crippen LogP contribution in [0.5, 0.6) is 0 Å². The van der Waals surface area contributed by atoms with Gasteiger partial charge in [-0.15, -0.1) is 0 Å². The van der Waals surface area contributed by atoms with Crippen LogP contribution in [0.2, 0.25) is 0 Å². The van der Waals surface area contributed by atoms with E-state index in [9.17, 15) is 0 Å². The van der Waals surface area contributed by atoms with Gasteiger partial charge in [0.15, 0.2) is 0 Å². The number of hydrogen-bond acceptors (Lipinski definition) is 0. The molecule has 0 heteroatoms. The zero-order valence-electron chi connectivity index (χ0n) is 6.65. The largest absolute Gasteiger partial charge is 0.0879 e. The Morgan fingerprint density at radius 2 is 2.22 bits per heavy atom. The van der Waals surface area contributed by atoms with Crippen LogP contribution in [0.15, 0.2) is 11.6 Å². The molecule has 0 aromatic carbocycles. The van der Waals surface area contributed by atoms with Gasteiger partial charge in [0.1, 0.15) is 0 Å². The molecule has 1 rings (SSSR count). The topological polar surface area (TPSA) is 0 Å². The molecule has 9 heavy (non-hydrogen) atoms. The quantitative estimate of drug-likeness (QED) is 0.496. The van der Waals surface area contributed by atoms with Crippen LogP contribution in [0, 0.1) is 11.8 Å². The Hall–Kier alpha value is -0.260. The Balaban J connectivity index is 2.33. The van der Waals surface area contributed by atoms with E-state index >= 15 is 0 Å². The first kappa shape index (κ1) is 6.85. The van der Waals surface area contributed by atoms with E-state index in [2.05, 4.69) is 26.8 Å². The van der Waals surface area contributed by atoms with Gasteiger partial charge in [-0.3, -0.25) is 0 Å². The maximum Gasteiger partial charge on any atom is -0.0137 e. The average molecular weight is 124 g/mol. The molecule has 1 fully saturated rings. The molecule has 1 saturated carbocycles. The van der Waals surface area contributed by atoms with Gasteiger partial charge in [-0.1, -0.05) is 31.9 Å².